The van der Waals surface area contributed by atoms with Crippen molar-refractivity contribution >= 4 is 11.7 Å². The van der Waals surface area contributed by atoms with Crippen molar-refractivity contribution in [2.45, 2.75) is 11.6 Å². The van der Waals surface area contributed by atoms with Crippen LogP contribution < -0.4 is 10.1 Å². The number of nitrogens with one attached hydrogen (secondary N) is 1. The molecule has 2 aliphatic heterocycles. The van der Waals surface area contributed by atoms with E-state index in [2.05, 4.69) is 96.3 Å². The van der Waals surface area contributed by atoms with Gasteiger partial charge in [-0.3, -0.25) is 0 Å². The van der Waals surface area contributed by atoms with Crippen LogP contribution in [0.25, 0.3) is 22.3 Å². The Morgan fingerprint density at radius 2 is 1.02 bits per heavy atom. The first-order valence-corrected chi connectivity index (χ1v) is 17.8. The summed E-state index contributed by atoms with van der Waals surface area (Å²) in [7, 11) is 0. The Morgan fingerprint density at radius 3 is 1.67 bits per heavy atom. The molecule has 10 rings (SSSR count). The van der Waals surface area contributed by atoms with Crippen LogP contribution >= 0.6 is 0 Å². The van der Waals surface area contributed by atoms with Crippen molar-refractivity contribution in [1.82, 2.24) is 5.32 Å². The highest BCUT2D eigenvalue weighted by atomic mass is 16.5. The van der Waals surface area contributed by atoms with Gasteiger partial charge < -0.3 is 10.1 Å². The van der Waals surface area contributed by atoms with Crippen molar-refractivity contribution in [3.8, 4) is 45.9 Å². The first kappa shape index (κ1) is 31.2. The van der Waals surface area contributed by atoms with Gasteiger partial charge in [0.1, 0.15) is 23.2 Å². The summed E-state index contributed by atoms with van der Waals surface area (Å²) in [4.78, 5) is 10.5. The molecule has 1 unspecified atom stereocenters. The van der Waals surface area contributed by atoms with Crippen LogP contribution in [0.3, 0.4) is 0 Å². The summed E-state index contributed by atoms with van der Waals surface area (Å²) in [6, 6.07) is 59.8. The average Bonchev–Trinajstić information content (AvgIpc) is 3.53. The molecule has 54 heavy (non-hydrogen) atoms. The van der Waals surface area contributed by atoms with E-state index in [0.29, 0.717) is 17.0 Å². The lowest BCUT2D eigenvalue weighted by atomic mass is 9.66. The topological polar surface area (TPSA) is 93.6 Å². The summed E-state index contributed by atoms with van der Waals surface area (Å²) in [5.74, 6) is 3.13. The van der Waals surface area contributed by atoms with E-state index in [1.54, 1.807) is 18.2 Å². The monoisotopic (exact) mass is 691 g/mol. The Balaban J connectivity index is 1.13. The molecule has 0 saturated carbocycles. The number of fused-ring (bicyclic) bond motifs is 9. The van der Waals surface area contributed by atoms with Crippen LogP contribution in [-0.4, -0.2) is 11.7 Å². The Labute approximate surface area is 312 Å². The molecule has 252 valence electrons. The number of para-hydroxylation sites is 2. The van der Waals surface area contributed by atoms with E-state index in [0.717, 1.165) is 56.3 Å². The van der Waals surface area contributed by atoms with Crippen LogP contribution in [0.4, 0.5) is 0 Å². The van der Waals surface area contributed by atoms with Gasteiger partial charge in [0.25, 0.3) is 0 Å². The number of ether oxygens (including phenoxy) is 1. The Morgan fingerprint density at radius 1 is 0.481 bits per heavy atom. The number of rotatable bonds is 4. The molecule has 0 radical (unpaired) electrons. The Kier molecular flexibility index (Phi) is 7.11. The molecule has 0 bridgehead atoms. The van der Waals surface area contributed by atoms with Crippen molar-refractivity contribution in [2.24, 2.45) is 9.98 Å². The molecule has 7 aromatic carbocycles. The molecule has 1 aliphatic carbocycles. The molecule has 2 heterocycles. The number of benzene rings is 7. The molecule has 1 spiro atoms. The SMILES string of the molecule is N#Cc1cc(C#N)cc(-c2ccc(C3=NC(c4ccc5c(c4)C4(c6ccccc6Oc6ccccc64)c4ccccc4-5)N=C(c4ccccc4)N3)cc2)c1. The van der Waals surface area contributed by atoms with E-state index >= 15 is 0 Å². The number of hydrogen-bond acceptors (Lipinski definition) is 6. The van der Waals surface area contributed by atoms with Gasteiger partial charge in [0.2, 0.25) is 0 Å². The third-order valence-electron chi connectivity index (χ3n) is 10.6. The Hall–Kier alpha value is -7.54. The van der Waals surface area contributed by atoms with Crippen molar-refractivity contribution < 1.29 is 4.74 Å². The lowest BCUT2D eigenvalue weighted by Crippen LogP contribution is -2.36. The standard InChI is InChI=1S/C48H29N5O/c49-28-30-24-31(29-50)26-36(25-30)32-18-20-34(21-19-32)46-51-45(33-10-2-1-3-11-33)52-47(53-46)35-22-23-38-37-12-4-5-13-39(37)48(42(38)27-35)40-14-6-8-16-43(40)54-44-17-9-7-15-41(44)48/h1-27,47H,(H,51,52,53). The van der Waals surface area contributed by atoms with E-state index in [-0.39, 0.29) is 0 Å². The van der Waals surface area contributed by atoms with Gasteiger partial charge in [-0.05, 0) is 75.3 Å². The predicted octanol–water partition coefficient (Wildman–Crippen LogP) is 10.1. The maximum atomic E-state index is 9.54. The minimum Gasteiger partial charge on any atom is -0.457 e. The molecule has 0 aromatic heterocycles. The Bertz CT molecular complexity index is 2730. The van der Waals surface area contributed by atoms with E-state index in [9.17, 15) is 10.5 Å². The average molecular weight is 692 g/mol. The number of amidine groups is 2. The van der Waals surface area contributed by atoms with E-state index in [4.69, 9.17) is 14.7 Å². The molecule has 0 saturated heterocycles. The third kappa shape index (κ3) is 4.79. The van der Waals surface area contributed by atoms with Crippen molar-refractivity contribution in [2.75, 3.05) is 0 Å². The summed E-state index contributed by atoms with van der Waals surface area (Å²) >= 11 is 0. The molecule has 6 heteroatoms. The largest absolute Gasteiger partial charge is 0.457 e. The first-order valence-electron chi connectivity index (χ1n) is 17.8. The normalized spacial score (nSPS) is 15.5. The maximum absolute atomic E-state index is 9.54. The quantitative estimate of drug-likeness (QED) is 0.199. The van der Waals surface area contributed by atoms with Crippen LogP contribution in [0.15, 0.2) is 174 Å². The highest BCUT2D eigenvalue weighted by Gasteiger charge is 2.51. The van der Waals surface area contributed by atoms with Gasteiger partial charge >= 0.3 is 0 Å². The first-order chi connectivity index (χ1) is 26.6. The molecule has 1 atom stereocenters. The molecule has 3 aliphatic rings. The predicted molar refractivity (Wildman–Crippen MR) is 211 cm³/mol. The lowest BCUT2D eigenvalue weighted by molar-refractivity contribution is 0.436. The third-order valence-corrected chi connectivity index (χ3v) is 10.6. The highest BCUT2D eigenvalue weighted by molar-refractivity contribution is 6.16. The fourth-order valence-electron chi connectivity index (χ4n) is 8.26. The van der Waals surface area contributed by atoms with Gasteiger partial charge in [-0.25, -0.2) is 9.98 Å². The molecule has 6 nitrogen and oxygen atoms in total. The summed E-state index contributed by atoms with van der Waals surface area (Å²) in [5, 5.41) is 22.6. The smallest absolute Gasteiger partial charge is 0.169 e. The van der Waals surface area contributed by atoms with Gasteiger partial charge in [0, 0.05) is 22.3 Å². The molecule has 0 amide bonds. The molecular formula is C48H29N5O. The number of hydrogen-bond donors (Lipinski definition) is 1. The summed E-state index contributed by atoms with van der Waals surface area (Å²) in [6.07, 6.45) is -0.530. The summed E-state index contributed by atoms with van der Waals surface area (Å²) < 4.78 is 6.55. The second kappa shape index (κ2) is 12.3. The zero-order valence-electron chi connectivity index (χ0n) is 28.9. The van der Waals surface area contributed by atoms with Gasteiger partial charge in [0.15, 0.2) is 6.17 Å². The fourth-order valence-corrected chi connectivity index (χ4v) is 8.26. The molecular weight excluding hydrogens is 663 g/mol. The molecule has 1 N–H and O–H groups in total. The van der Waals surface area contributed by atoms with Crippen LogP contribution in [-0.2, 0) is 5.41 Å². The highest BCUT2D eigenvalue weighted by Crippen LogP contribution is 2.62. The van der Waals surface area contributed by atoms with E-state index in [1.807, 2.05) is 66.7 Å². The van der Waals surface area contributed by atoms with Crippen molar-refractivity contribution in [1.29, 1.82) is 10.5 Å². The minimum atomic E-state index is -0.594. The van der Waals surface area contributed by atoms with Crippen LogP contribution in [0.5, 0.6) is 11.5 Å². The number of aliphatic imine (C=N–C) groups is 2. The fraction of sp³-hybridized carbons (Fsp3) is 0.0417. The van der Waals surface area contributed by atoms with Crippen LogP contribution in [0.1, 0.15) is 56.2 Å². The lowest BCUT2D eigenvalue weighted by Gasteiger charge is -2.39. The second-order valence-electron chi connectivity index (χ2n) is 13.6. The number of nitriles is 2. The van der Waals surface area contributed by atoms with Gasteiger partial charge in [-0.2, -0.15) is 10.5 Å². The van der Waals surface area contributed by atoms with Crippen LogP contribution in [0, 0.1) is 22.7 Å². The molecule has 7 aromatic rings. The second-order valence-corrected chi connectivity index (χ2v) is 13.6. The van der Waals surface area contributed by atoms with Gasteiger partial charge in [-0.15, -0.1) is 0 Å². The van der Waals surface area contributed by atoms with Gasteiger partial charge in [0.05, 0.1) is 28.7 Å². The number of nitrogens with zero attached hydrogens (tertiary/aromatic N) is 4. The maximum Gasteiger partial charge on any atom is 0.169 e. The van der Waals surface area contributed by atoms with E-state index in [1.165, 1.54) is 22.3 Å². The van der Waals surface area contributed by atoms with E-state index < -0.39 is 11.6 Å². The van der Waals surface area contributed by atoms with Crippen molar-refractivity contribution in [3.05, 3.63) is 214 Å². The summed E-state index contributed by atoms with van der Waals surface area (Å²) in [5.41, 5.74) is 11.8. The van der Waals surface area contributed by atoms with Gasteiger partial charge in [-0.1, -0.05) is 127 Å². The summed E-state index contributed by atoms with van der Waals surface area (Å²) in [6.45, 7) is 0. The molecule has 0 fully saturated rings. The minimum absolute atomic E-state index is 0.449. The zero-order chi connectivity index (χ0) is 36.2. The van der Waals surface area contributed by atoms with Crippen LogP contribution in [0.2, 0.25) is 0 Å². The zero-order valence-corrected chi connectivity index (χ0v) is 28.9. The van der Waals surface area contributed by atoms with Crippen molar-refractivity contribution in [3.63, 3.8) is 0 Å².